The number of aromatic nitrogens is 2. The Kier molecular flexibility index (Phi) is 6.12. The van der Waals surface area contributed by atoms with Gasteiger partial charge >= 0.3 is 0 Å². The predicted molar refractivity (Wildman–Crippen MR) is 89.0 cm³/mol. The lowest BCUT2D eigenvalue weighted by Gasteiger charge is -2.21. The van der Waals surface area contributed by atoms with Gasteiger partial charge in [0.05, 0.1) is 15.9 Å². The summed E-state index contributed by atoms with van der Waals surface area (Å²) < 4.78 is 0.972. The van der Waals surface area contributed by atoms with Crippen LogP contribution in [0.15, 0.2) is 4.47 Å². The first kappa shape index (κ1) is 16.8. The fraction of sp³-hybridized carbons (Fsp3) is 0.714. The van der Waals surface area contributed by atoms with Crippen molar-refractivity contribution in [1.29, 1.82) is 0 Å². The van der Waals surface area contributed by atoms with Crippen molar-refractivity contribution in [3.63, 3.8) is 0 Å². The molecule has 0 saturated heterocycles. The quantitative estimate of drug-likeness (QED) is 0.854. The zero-order chi connectivity index (χ0) is 14.6. The van der Waals surface area contributed by atoms with Crippen LogP contribution in [0.5, 0.6) is 0 Å². The molecule has 0 aromatic carbocycles. The highest BCUT2D eigenvalue weighted by atomic mass is 79.9. The van der Waals surface area contributed by atoms with Gasteiger partial charge in [0, 0.05) is 12.5 Å². The molecule has 0 bridgehead atoms. The minimum absolute atomic E-state index is 0.00480. The van der Waals surface area contributed by atoms with Gasteiger partial charge in [-0.3, -0.25) is 0 Å². The topological polar surface area (TPSA) is 37.8 Å². The van der Waals surface area contributed by atoms with Crippen molar-refractivity contribution in [1.82, 2.24) is 9.97 Å². The zero-order valence-corrected chi connectivity index (χ0v) is 15.1. The van der Waals surface area contributed by atoms with Gasteiger partial charge in [0.1, 0.15) is 11.6 Å². The number of halogens is 1. The summed E-state index contributed by atoms with van der Waals surface area (Å²) in [4.78, 5) is 9.30. The van der Waals surface area contributed by atoms with Gasteiger partial charge in [0.25, 0.3) is 0 Å². The van der Waals surface area contributed by atoms with Crippen LogP contribution in [0.3, 0.4) is 0 Å². The van der Waals surface area contributed by atoms with Gasteiger partial charge in [0.2, 0.25) is 0 Å². The SMILES string of the molecule is CNc1nc(CSCC(C)C)nc(C(C)(C)C)c1Br. The summed E-state index contributed by atoms with van der Waals surface area (Å²) in [5.41, 5.74) is 1.07. The van der Waals surface area contributed by atoms with E-state index in [1.54, 1.807) is 0 Å². The van der Waals surface area contributed by atoms with Gasteiger partial charge < -0.3 is 5.32 Å². The molecule has 0 fully saturated rings. The maximum absolute atomic E-state index is 4.73. The van der Waals surface area contributed by atoms with E-state index in [1.807, 2.05) is 18.8 Å². The summed E-state index contributed by atoms with van der Waals surface area (Å²) in [6.45, 7) is 11.0. The lowest BCUT2D eigenvalue weighted by molar-refractivity contribution is 0.560. The van der Waals surface area contributed by atoms with E-state index in [2.05, 4.69) is 60.8 Å². The Balaban J connectivity index is 3.00. The van der Waals surface area contributed by atoms with Crippen LogP contribution in [-0.4, -0.2) is 22.8 Å². The Labute approximate surface area is 129 Å². The summed E-state index contributed by atoms with van der Waals surface area (Å²) >= 11 is 5.50. The van der Waals surface area contributed by atoms with E-state index < -0.39 is 0 Å². The molecule has 0 aliphatic heterocycles. The molecule has 1 aromatic rings. The standard InChI is InChI=1S/C14H24BrN3S/c1-9(2)7-19-8-10-17-12(14(3,4)5)11(15)13(16-6)18-10/h9H,7-8H2,1-6H3,(H,16,17,18). The molecule has 0 amide bonds. The second-order valence-electron chi connectivity index (χ2n) is 6.06. The van der Waals surface area contributed by atoms with Crippen molar-refractivity contribution in [2.45, 2.75) is 45.8 Å². The minimum atomic E-state index is 0.00480. The van der Waals surface area contributed by atoms with Gasteiger partial charge in [0.15, 0.2) is 0 Å². The Hall–Kier alpha value is -0.290. The summed E-state index contributed by atoms with van der Waals surface area (Å²) in [6, 6.07) is 0. The molecule has 0 saturated carbocycles. The molecule has 1 N–H and O–H groups in total. The van der Waals surface area contributed by atoms with Crippen LogP contribution in [-0.2, 0) is 11.2 Å². The van der Waals surface area contributed by atoms with E-state index in [-0.39, 0.29) is 5.41 Å². The third-order valence-corrected chi connectivity index (χ3v) is 4.64. The van der Waals surface area contributed by atoms with Crippen molar-refractivity contribution < 1.29 is 0 Å². The maximum Gasteiger partial charge on any atom is 0.144 e. The first-order chi connectivity index (χ1) is 8.75. The average Bonchev–Trinajstić information content (AvgIpc) is 2.28. The monoisotopic (exact) mass is 345 g/mol. The molecule has 0 aliphatic carbocycles. The highest BCUT2D eigenvalue weighted by Gasteiger charge is 2.22. The molecule has 1 rings (SSSR count). The van der Waals surface area contributed by atoms with Crippen LogP contribution in [0.25, 0.3) is 0 Å². The molecule has 108 valence electrons. The molecule has 19 heavy (non-hydrogen) atoms. The van der Waals surface area contributed by atoms with E-state index in [1.165, 1.54) is 0 Å². The average molecular weight is 346 g/mol. The second-order valence-corrected chi connectivity index (χ2v) is 7.88. The Morgan fingerprint density at radius 3 is 2.37 bits per heavy atom. The highest BCUT2D eigenvalue weighted by molar-refractivity contribution is 9.10. The number of nitrogens with zero attached hydrogens (tertiary/aromatic N) is 2. The van der Waals surface area contributed by atoms with Crippen molar-refractivity contribution in [3.8, 4) is 0 Å². The lowest BCUT2D eigenvalue weighted by atomic mass is 9.92. The highest BCUT2D eigenvalue weighted by Crippen LogP contribution is 2.32. The molecular weight excluding hydrogens is 322 g/mol. The normalized spacial score (nSPS) is 12.0. The Bertz CT molecular complexity index is 427. The van der Waals surface area contributed by atoms with Gasteiger partial charge in [-0.1, -0.05) is 34.6 Å². The van der Waals surface area contributed by atoms with Gasteiger partial charge in [-0.05, 0) is 27.6 Å². The molecule has 0 aliphatic rings. The smallest absolute Gasteiger partial charge is 0.144 e. The van der Waals surface area contributed by atoms with Crippen LogP contribution in [0.1, 0.15) is 46.1 Å². The number of hydrogen-bond acceptors (Lipinski definition) is 4. The summed E-state index contributed by atoms with van der Waals surface area (Å²) in [6.07, 6.45) is 0. The molecular formula is C14H24BrN3S. The first-order valence-corrected chi connectivity index (χ1v) is 8.52. The van der Waals surface area contributed by atoms with Crippen LogP contribution < -0.4 is 5.32 Å². The molecule has 5 heteroatoms. The lowest BCUT2D eigenvalue weighted by Crippen LogP contribution is -2.17. The van der Waals surface area contributed by atoms with E-state index in [0.717, 1.165) is 33.3 Å². The van der Waals surface area contributed by atoms with Crippen molar-refractivity contribution >= 4 is 33.5 Å². The third-order valence-electron chi connectivity index (χ3n) is 2.53. The maximum atomic E-state index is 4.73. The van der Waals surface area contributed by atoms with E-state index >= 15 is 0 Å². The Morgan fingerprint density at radius 1 is 1.26 bits per heavy atom. The minimum Gasteiger partial charge on any atom is -0.372 e. The van der Waals surface area contributed by atoms with Gasteiger partial charge in [-0.2, -0.15) is 11.8 Å². The van der Waals surface area contributed by atoms with Crippen LogP contribution in [0.4, 0.5) is 5.82 Å². The number of anilines is 1. The fourth-order valence-electron chi connectivity index (χ4n) is 1.61. The molecule has 1 heterocycles. The van der Waals surface area contributed by atoms with Crippen LogP contribution in [0.2, 0.25) is 0 Å². The molecule has 0 radical (unpaired) electrons. The summed E-state index contributed by atoms with van der Waals surface area (Å²) in [7, 11) is 1.89. The first-order valence-electron chi connectivity index (χ1n) is 6.58. The van der Waals surface area contributed by atoms with Crippen LogP contribution in [0, 0.1) is 5.92 Å². The molecule has 1 aromatic heterocycles. The van der Waals surface area contributed by atoms with E-state index in [9.17, 15) is 0 Å². The second kappa shape index (κ2) is 6.93. The molecule has 0 spiro atoms. The van der Waals surface area contributed by atoms with Crippen molar-refractivity contribution in [2.24, 2.45) is 5.92 Å². The number of rotatable bonds is 5. The predicted octanol–water partition coefficient (Wildman–Crippen LogP) is 4.47. The van der Waals surface area contributed by atoms with Crippen molar-refractivity contribution in [3.05, 3.63) is 16.0 Å². The summed E-state index contributed by atoms with van der Waals surface area (Å²) in [5.74, 6) is 4.48. The number of thioether (sulfide) groups is 1. The fourth-order valence-corrected chi connectivity index (χ4v) is 3.48. The molecule has 0 atom stereocenters. The van der Waals surface area contributed by atoms with Gasteiger partial charge in [-0.25, -0.2) is 9.97 Å². The largest absolute Gasteiger partial charge is 0.372 e. The number of nitrogens with one attached hydrogen (secondary N) is 1. The van der Waals surface area contributed by atoms with Crippen LogP contribution >= 0.6 is 27.7 Å². The number of hydrogen-bond donors (Lipinski definition) is 1. The van der Waals surface area contributed by atoms with Crippen molar-refractivity contribution in [2.75, 3.05) is 18.1 Å². The summed E-state index contributed by atoms with van der Waals surface area (Å²) in [5, 5.41) is 3.14. The Morgan fingerprint density at radius 2 is 1.89 bits per heavy atom. The molecule has 0 unspecified atom stereocenters. The zero-order valence-electron chi connectivity index (χ0n) is 12.7. The van der Waals surface area contributed by atoms with Gasteiger partial charge in [-0.15, -0.1) is 0 Å². The third kappa shape index (κ3) is 4.95. The molecule has 3 nitrogen and oxygen atoms in total. The van der Waals surface area contributed by atoms with E-state index in [4.69, 9.17) is 4.98 Å². The van der Waals surface area contributed by atoms with E-state index in [0.29, 0.717) is 5.92 Å².